The first-order valence-electron chi connectivity index (χ1n) is 6.75. The normalized spacial score (nSPS) is 35.0. The van der Waals surface area contributed by atoms with Crippen molar-refractivity contribution in [2.24, 2.45) is 7.05 Å². The van der Waals surface area contributed by atoms with Gasteiger partial charge in [0.25, 0.3) is 0 Å². The molecule has 1 amide bonds. The summed E-state index contributed by atoms with van der Waals surface area (Å²) >= 11 is 0. The number of carbonyl (C=O) groups excluding carboxylic acids is 1. The first-order valence-corrected chi connectivity index (χ1v) is 8.30. The molecule has 7 heteroatoms. The number of amides is 1. The van der Waals surface area contributed by atoms with Crippen molar-refractivity contribution >= 4 is 15.7 Å². The van der Waals surface area contributed by atoms with E-state index in [-0.39, 0.29) is 18.4 Å². The van der Waals surface area contributed by atoms with Gasteiger partial charge in [-0.15, -0.1) is 0 Å². The van der Waals surface area contributed by atoms with Gasteiger partial charge in [-0.25, -0.2) is 17.6 Å². The third kappa shape index (κ3) is 1.47. The van der Waals surface area contributed by atoms with Gasteiger partial charge < -0.3 is 4.90 Å². The Balaban J connectivity index is 2.00. The van der Waals surface area contributed by atoms with Crippen molar-refractivity contribution in [3.8, 4) is 0 Å². The van der Waals surface area contributed by atoms with Crippen LogP contribution in [0.3, 0.4) is 0 Å². The average molecular weight is 298 g/mol. The highest BCUT2D eigenvalue weighted by Crippen LogP contribution is 2.45. The van der Waals surface area contributed by atoms with Crippen LogP contribution in [-0.4, -0.2) is 40.0 Å². The van der Waals surface area contributed by atoms with Crippen molar-refractivity contribution in [3.63, 3.8) is 0 Å². The molecule has 3 unspecified atom stereocenters. The summed E-state index contributed by atoms with van der Waals surface area (Å²) in [5, 5.41) is -0.611. The van der Waals surface area contributed by atoms with Gasteiger partial charge in [-0.3, -0.25) is 4.79 Å². The molecular formula is C13H20N3O3S+. The molecule has 2 saturated heterocycles. The van der Waals surface area contributed by atoms with E-state index in [1.54, 1.807) is 6.92 Å². The number of sulfone groups is 1. The lowest BCUT2D eigenvalue weighted by Crippen LogP contribution is -2.55. The summed E-state index contributed by atoms with van der Waals surface area (Å²) in [4.78, 5) is 13.2. The zero-order valence-electron chi connectivity index (χ0n) is 12.2. The molecule has 0 aromatic carbocycles. The number of hydrogen-bond donors (Lipinski definition) is 0. The van der Waals surface area contributed by atoms with E-state index in [9.17, 15) is 13.2 Å². The van der Waals surface area contributed by atoms with Gasteiger partial charge in [0.15, 0.2) is 9.84 Å². The van der Waals surface area contributed by atoms with Crippen LogP contribution in [0.15, 0.2) is 12.5 Å². The fraction of sp³-hybridized carbons (Fsp3) is 0.692. The van der Waals surface area contributed by atoms with Crippen molar-refractivity contribution in [1.82, 2.24) is 9.47 Å². The van der Waals surface area contributed by atoms with Gasteiger partial charge in [0, 0.05) is 6.92 Å². The second-order valence-corrected chi connectivity index (χ2v) is 8.73. The molecule has 20 heavy (non-hydrogen) atoms. The minimum absolute atomic E-state index is 0.0518. The van der Waals surface area contributed by atoms with E-state index in [0.717, 1.165) is 5.69 Å². The summed E-state index contributed by atoms with van der Waals surface area (Å²) in [5.74, 6) is -0.0518. The number of aryl methyl sites for hydroxylation is 2. The maximum Gasteiger partial charge on any atom is 0.243 e. The molecule has 2 fully saturated rings. The molecule has 0 N–H and O–H groups in total. The summed E-state index contributed by atoms with van der Waals surface area (Å²) in [6, 6.07) is -0.285. The topological polar surface area (TPSA) is 63.3 Å². The minimum Gasteiger partial charge on any atom is -0.320 e. The van der Waals surface area contributed by atoms with E-state index in [0.29, 0.717) is 6.54 Å². The van der Waals surface area contributed by atoms with Crippen LogP contribution in [0.5, 0.6) is 0 Å². The molecule has 2 aliphatic rings. The molecular weight excluding hydrogens is 278 g/mol. The number of nitrogens with zero attached hydrogens (tertiary/aromatic N) is 3. The maximum atomic E-state index is 12.7. The van der Waals surface area contributed by atoms with Gasteiger partial charge in [0.05, 0.1) is 19.5 Å². The lowest BCUT2D eigenvalue weighted by Gasteiger charge is -2.36. The molecule has 0 radical (unpaired) electrons. The first kappa shape index (κ1) is 13.6. The Morgan fingerprint density at radius 2 is 2.15 bits per heavy atom. The number of carbonyl (C=O) groups is 1. The number of rotatable bonds is 2. The number of fused-ring (bicyclic) bond motifs is 1. The molecule has 110 valence electrons. The van der Waals surface area contributed by atoms with E-state index in [1.807, 2.05) is 42.6 Å². The molecule has 0 bridgehead atoms. The van der Waals surface area contributed by atoms with Crippen molar-refractivity contribution in [2.75, 3.05) is 0 Å². The third-order valence-electron chi connectivity index (χ3n) is 4.98. The van der Waals surface area contributed by atoms with E-state index >= 15 is 0 Å². The van der Waals surface area contributed by atoms with Crippen molar-refractivity contribution in [2.45, 2.75) is 49.9 Å². The van der Waals surface area contributed by atoms with Gasteiger partial charge in [-0.05, 0) is 13.8 Å². The molecule has 6 nitrogen and oxygen atoms in total. The minimum atomic E-state index is -3.34. The molecule has 3 atom stereocenters. The lowest BCUT2D eigenvalue weighted by molar-refractivity contribution is -0.700. The van der Waals surface area contributed by atoms with E-state index < -0.39 is 20.0 Å². The Morgan fingerprint density at radius 1 is 1.50 bits per heavy atom. The molecule has 0 spiro atoms. The second kappa shape index (κ2) is 3.84. The highest BCUT2D eigenvalue weighted by Gasteiger charge is 2.66. The van der Waals surface area contributed by atoms with E-state index in [1.165, 1.54) is 4.90 Å². The number of β-lactam (4-membered cyclic amide) rings is 1. The van der Waals surface area contributed by atoms with Crippen molar-refractivity contribution in [3.05, 3.63) is 18.2 Å². The SMILES string of the molecule is Cc1c[n+](CC2(C)C(C)N3C(=O)CC3S2(=O)=O)cn1C. The highest BCUT2D eigenvalue weighted by molar-refractivity contribution is 7.93. The smallest absolute Gasteiger partial charge is 0.243 e. The van der Waals surface area contributed by atoms with Crippen LogP contribution >= 0.6 is 0 Å². The molecule has 2 aliphatic heterocycles. The average Bonchev–Trinajstić information content (AvgIpc) is 2.68. The standard InChI is InChI=1S/C13H20N3O3S/c1-9-6-15(8-14(9)4)7-13(3)10(2)16-11(17)5-12(16)20(13,18)19/h6,8,10,12H,5,7H2,1-4H3/q+1. The predicted octanol–water partition coefficient (Wildman–Crippen LogP) is -0.245. The first-order chi connectivity index (χ1) is 9.18. The van der Waals surface area contributed by atoms with Crippen LogP contribution in [0, 0.1) is 6.92 Å². The van der Waals surface area contributed by atoms with Gasteiger partial charge in [-0.2, -0.15) is 0 Å². The quantitative estimate of drug-likeness (QED) is 0.559. The van der Waals surface area contributed by atoms with Crippen LogP contribution in [0.1, 0.15) is 26.0 Å². The van der Waals surface area contributed by atoms with E-state index in [4.69, 9.17) is 0 Å². The molecule has 1 aromatic rings. The van der Waals surface area contributed by atoms with Crippen molar-refractivity contribution < 1.29 is 17.8 Å². The van der Waals surface area contributed by atoms with Crippen LogP contribution in [0.25, 0.3) is 0 Å². The number of imidazole rings is 1. The van der Waals surface area contributed by atoms with Crippen molar-refractivity contribution in [1.29, 1.82) is 0 Å². The summed E-state index contributed by atoms with van der Waals surface area (Å²) < 4.78 is 28.4. The van der Waals surface area contributed by atoms with E-state index in [2.05, 4.69) is 0 Å². The van der Waals surface area contributed by atoms with Crippen LogP contribution < -0.4 is 4.57 Å². The highest BCUT2D eigenvalue weighted by atomic mass is 32.2. The summed E-state index contributed by atoms with van der Waals surface area (Å²) in [6.45, 7) is 5.94. The maximum absolute atomic E-state index is 12.7. The number of aromatic nitrogens is 2. The van der Waals surface area contributed by atoms with Gasteiger partial charge in [-0.1, -0.05) is 0 Å². The molecule has 0 aliphatic carbocycles. The second-order valence-electron chi connectivity index (χ2n) is 6.16. The Labute approximate surface area is 118 Å². The summed E-state index contributed by atoms with van der Waals surface area (Å²) in [6.07, 6.45) is 3.96. The predicted molar refractivity (Wildman–Crippen MR) is 72.4 cm³/mol. The zero-order valence-corrected chi connectivity index (χ0v) is 13.0. The fourth-order valence-electron chi connectivity index (χ4n) is 3.32. The fourth-order valence-corrected chi connectivity index (χ4v) is 5.82. The lowest BCUT2D eigenvalue weighted by atomic mass is 9.98. The zero-order chi connectivity index (χ0) is 14.9. The van der Waals surface area contributed by atoms with Crippen LogP contribution in [0.4, 0.5) is 0 Å². The third-order valence-corrected chi connectivity index (χ3v) is 7.86. The van der Waals surface area contributed by atoms with Gasteiger partial charge in [0.1, 0.15) is 28.6 Å². The van der Waals surface area contributed by atoms with Crippen LogP contribution in [0.2, 0.25) is 0 Å². The van der Waals surface area contributed by atoms with Gasteiger partial charge >= 0.3 is 0 Å². The molecule has 0 saturated carbocycles. The molecule has 3 heterocycles. The molecule has 3 rings (SSSR count). The Morgan fingerprint density at radius 3 is 2.60 bits per heavy atom. The largest absolute Gasteiger partial charge is 0.320 e. The Hall–Kier alpha value is -1.37. The summed E-state index contributed by atoms with van der Waals surface area (Å²) in [7, 11) is -1.41. The molecule has 1 aromatic heterocycles. The van der Waals surface area contributed by atoms with Crippen LogP contribution in [-0.2, 0) is 28.2 Å². The monoisotopic (exact) mass is 298 g/mol. The number of hydrogen-bond acceptors (Lipinski definition) is 3. The Kier molecular flexibility index (Phi) is 2.61. The summed E-state index contributed by atoms with van der Waals surface area (Å²) in [5.41, 5.74) is 1.07. The Bertz CT molecular complexity index is 674. The van der Waals surface area contributed by atoms with Gasteiger partial charge in [0.2, 0.25) is 12.2 Å².